The average Bonchev–Trinajstić information content (AvgIpc) is 3.55. The summed E-state index contributed by atoms with van der Waals surface area (Å²) < 4.78 is 11.6. The highest BCUT2D eigenvalue weighted by molar-refractivity contribution is 6.21. The second-order valence-electron chi connectivity index (χ2n) is 13.4. The number of hydrazine groups is 1. The number of nitrogens with two attached hydrogens (primary N) is 3. The summed E-state index contributed by atoms with van der Waals surface area (Å²) in [5.41, 5.74) is 10.2. The molecule has 0 saturated heterocycles. The Labute approximate surface area is 369 Å². The molecule has 63 heavy (non-hydrogen) atoms. The van der Waals surface area contributed by atoms with Crippen molar-refractivity contribution in [3.05, 3.63) is 226 Å². The maximum Gasteiger partial charge on any atom is 0.261 e. The minimum Gasteiger partial charge on any atom is -0.457 e. The maximum atomic E-state index is 12.8. The van der Waals surface area contributed by atoms with Crippen molar-refractivity contribution in [2.45, 2.75) is 20.8 Å². The van der Waals surface area contributed by atoms with Crippen molar-refractivity contribution >= 4 is 23.4 Å². The number of nitrogens with zero attached hydrogens (tertiary/aromatic N) is 1. The van der Waals surface area contributed by atoms with Crippen LogP contribution in [0.3, 0.4) is 0 Å². The predicted molar refractivity (Wildman–Crippen MR) is 251 cm³/mol. The Hall–Kier alpha value is -7.94. The van der Waals surface area contributed by atoms with E-state index in [1.165, 1.54) is 32.1 Å². The first kappa shape index (κ1) is 49.4. The Kier molecular flexibility index (Phi) is 20.6. The smallest absolute Gasteiger partial charge is 0.261 e. The van der Waals surface area contributed by atoms with Crippen LogP contribution < -0.4 is 26.9 Å². The zero-order valence-corrected chi connectivity index (χ0v) is 36.0. The van der Waals surface area contributed by atoms with E-state index in [1.54, 1.807) is 91.0 Å². The van der Waals surface area contributed by atoms with Crippen molar-refractivity contribution in [1.29, 1.82) is 0 Å². The maximum absolute atomic E-state index is 12.8. The van der Waals surface area contributed by atoms with Crippen LogP contribution in [-0.2, 0) is 0 Å². The van der Waals surface area contributed by atoms with Gasteiger partial charge in [-0.15, -0.1) is 6.42 Å². The third kappa shape index (κ3) is 15.6. The number of fused-ring (bicyclic) bond motifs is 1. The number of rotatable bonds is 7. The van der Waals surface area contributed by atoms with Gasteiger partial charge in [-0.3, -0.25) is 35.8 Å². The third-order valence-electron chi connectivity index (χ3n) is 8.85. The van der Waals surface area contributed by atoms with E-state index in [0.717, 1.165) is 10.6 Å². The summed E-state index contributed by atoms with van der Waals surface area (Å²) in [6.45, 7) is 5.63. The topological polar surface area (TPSA) is 168 Å². The van der Waals surface area contributed by atoms with Crippen LogP contribution in [0.1, 0.15) is 70.6 Å². The van der Waals surface area contributed by atoms with Crippen molar-refractivity contribution in [1.82, 2.24) is 4.90 Å². The highest BCUT2D eigenvalue weighted by Gasteiger charge is 2.32. The lowest BCUT2D eigenvalue weighted by Gasteiger charge is -2.08. The van der Waals surface area contributed by atoms with Crippen LogP contribution in [0.2, 0.25) is 0 Å². The van der Waals surface area contributed by atoms with E-state index < -0.39 is 0 Å². The molecule has 0 spiro atoms. The van der Waals surface area contributed by atoms with Gasteiger partial charge in [0.25, 0.3) is 11.8 Å². The van der Waals surface area contributed by atoms with Gasteiger partial charge in [0.05, 0.1) is 11.1 Å². The zero-order chi connectivity index (χ0) is 46.1. The van der Waals surface area contributed by atoms with Gasteiger partial charge in [-0.25, -0.2) is 0 Å². The van der Waals surface area contributed by atoms with Gasteiger partial charge in [0.1, 0.15) is 23.0 Å². The minimum atomic E-state index is -0.290. The number of amides is 2. The van der Waals surface area contributed by atoms with E-state index in [4.69, 9.17) is 15.9 Å². The Morgan fingerprint density at radius 3 is 1.22 bits per heavy atom. The van der Waals surface area contributed by atoms with Crippen molar-refractivity contribution in [2.24, 2.45) is 17.4 Å². The summed E-state index contributed by atoms with van der Waals surface area (Å²) >= 11 is 0. The minimum absolute atomic E-state index is 0.00848. The van der Waals surface area contributed by atoms with E-state index in [9.17, 15) is 19.2 Å². The fraction of sp³-hybridized carbons (Fsp3) is 0.0943. The summed E-state index contributed by atoms with van der Waals surface area (Å²) in [5.74, 6) is 12.5. The molecule has 0 bridgehead atoms. The number of Topliss-reactive ketones (excluding diaryl/α,β-unsaturated/α-hetero) is 1. The summed E-state index contributed by atoms with van der Waals surface area (Å²) in [5, 5.41) is 0. The molecule has 0 aromatic heterocycles. The predicted octanol–water partition coefficient (Wildman–Crippen LogP) is 9.98. The number of hydrogen-bond acceptors (Lipinski definition) is 9. The first-order valence-electron chi connectivity index (χ1n) is 19.7. The first-order valence-corrected chi connectivity index (χ1v) is 19.7. The molecule has 0 fully saturated rings. The van der Waals surface area contributed by atoms with Gasteiger partial charge in [-0.1, -0.05) is 95.9 Å². The molecule has 7 aromatic carbocycles. The molecular weight excluding hydrogens is 789 g/mol. The van der Waals surface area contributed by atoms with Crippen molar-refractivity contribution in [2.75, 3.05) is 14.1 Å². The van der Waals surface area contributed by atoms with Crippen molar-refractivity contribution < 1.29 is 28.7 Å². The van der Waals surface area contributed by atoms with Gasteiger partial charge >= 0.3 is 0 Å². The van der Waals surface area contributed by atoms with Crippen LogP contribution in [0.5, 0.6) is 23.0 Å². The number of carbonyl (C=O) groups excluding carboxylic acids is 4. The number of aryl methyl sites for hydroxylation is 2. The molecule has 1 aliphatic rings. The quantitative estimate of drug-likeness (QED) is 0.0465. The van der Waals surface area contributed by atoms with E-state index in [0.29, 0.717) is 50.6 Å². The van der Waals surface area contributed by atoms with Gasteiger partial charge in [0.15, 0.2) is 11.6 Å². The molecule has 0 aliphatic carbocycles. The standard InChI is InChI=1S/C28H22O4.C11H7NO2.C7H8.C6H6.CH5N.H4N2/c1-19-3-11-24(12-4-19)31-26-15-7-22(8-16-26)28(30)23-9-17-27(18-10-23)32-25-13-5-21(6-14-25)20(2)29;1-3-7-4-5-8-9(6-7)11(14)12(2)10(8)13;1-7-5-3-2-4-6-7;1-2-4-6-5-3-1;2*1-2/h3-18H,1-2H3;1,4-6H,2H3;2-6H,1H3;1-6H;2H2,1H3;1-2H2. The lowest BCUT2D eigenvalue weighted by molar-refractivity contribution is 0.0692. The van der Waals surface area contributed by atoms with Gasteiger partial charge in [0.2, 0.25) is 0 Å². The van der Waals surface area contributed by atoms with Gasteiger partial charge in [0, 0.05) is 29.3 Å². The number of imide groups is 1. The summed E-state index contributed by atoms with van der Waals surface area (Å²) in [7, 11) is 2.96. The highest BCUT2D eigenvalue weighted by Crippen LogP contribution is 2.26. The Morgan fingerprint density at radius 2 is 0.857 bits per heavy atom. The van der Waals surface area contributed by atoms with Crippen molar-refractivity contribution in [3.63, 3.8) is 0 Å². The molecule has 8 rings (SSSR count). The van der Waals surface area contributed by atoms with E-state index in [2.05, 4.69) is 42.4 Å². The van der Waals surface area contributed by atoms with Gasteiger partial charge in [-0.2, -0.15) is 0 Å². The first-order chi connectivity index (χ1) is 30.5. The monoisotopic (exact) mass is 840 g/mol. The molecule has 0 saturated carbocycles. The fourth-order valence-corrected chi connectivity index (χ4v) is 5.52. The molecule has 0 radical (unpaired) electrons. The fourth-order valence-electron chi connectivity index (χ4n) is 5.52. The van der Waals surface area contributed by atoms with Crippen LogP contribution >= 0.6 is 0 Å². The molecule has 0 unspecified atom stereocenters. The molecular formula is C53H52N4O6. The van der Waals surface area contributed by atoms with Gasteiger partial charge in [-0.05, 0) is 131 Å². The molecule has 1 aliphatic heterocycles. The number of hydrogen-bond donors (Lipinski definition) is 3. The molecule has 0 atom stereocenters. The van der Waals surface area contributed by atoms with E-state index in [1.807, 2.05) is 85.8 Å². The van der Waals surface area contributed by atoms with Gasteiger partial charge < -0.3 is 15.2 Å². The van der Waals surface area contributed by atoms with Crippen LogP contribution in [0.4, 0.5) is 0 Å². The third-order valence-corrected chi connectivity index (χ3v) is 8.85. The summed E-state index contributed by atoms with van der Waals surface area (Å²) in [4.78, 5) is 48.2. The van der Waals surface area contributed by atoms with Crippen LogP contribution in [0.25, 0.3) is 0 Å². The molecule has 10 nitrogen and oxygen atoms in total. The van der Waals surface area contributed by atoms with E-state index in [-0.39, 0.29) is 23.4 Å². The van der Waals surface area contributed by atoms with Crippen LogP contribution in [0, 0.1) is 26.2 Å². The molecule has 2 amide bonds. The summed E-state index contributed by atoms with van der Waals surface area (Å²) in [6.07, 6.45) is 5.20. The molecule has 1 heterocycles. The molecule has 7 aromatic rings. The highest BCUT2D eigenvalue weighted by atomic mass is 16.5. The second-order valence-corrected chi connectivity index (χ2v) is 13.4. The Balaban J connectivity index is 0.000000276. The zero-order valence-electron chi connectivity index (χ0n) is 36.0. The molecule has 320 valence electrons. The number of ketones is 2. The lowest BCUT2D eigenvalue weighted by Crippen LogP contribution is -2.24. The largest absolute Gasteiger partial charge is 0.457 e. The summed E-state index contributed by atoms with van der Waals surface area (Å²) in [6, 6.07) is 55.9. The van der Waals surface area contributed by atoms with Crippen molar-refractivity contribution in [3.8, 4) is 35.3 Å². The lowest BCUT2D eigenvalue weighted by atomic mass is 10.0. The Bertz CT molecular complexity index is 2510. The van der Waals surface area contributed by atoms with Crippen LogP contribution in [0.15, 0.2) is 182 Å². The van der Waals surface area contributed by atoms with Crippen LogP contribution in [-0.4, -0.2) is 42.4 Å². The second kappa shape index (κ2) is 26.3. The molecule has 6 N–H and O–H groups in total. The number of terminal acetylenes is 1. The number of ether oxygens (including phenoxy) is 2. The van der Waals surface area contributed by atoms with E-state index >= 15 is 0 Å². The SMILES string of the molecule is C#Cc1ccc2c(c1)C(=O)N(C)C2=O.CC(=O)c1ccc(Oc2ccc(C(=O)c3ccc(Oc4ccc(C)cc4)cc3)cc2)cc1.CN.Cc1ccccc1.NN.c1ccccc1. The molecule has 10 heteroatoms. The number of benzene rings is 7. The normalized spacial score (nSPS) is 10.4. The number of carbonyl (C=O) groups is 4. The Morgan fingerprint density at radius 1 is 0.508 bits per heavy atom. The average molecular weight is 841 g/mol.